The average molecular weight is 799 g/mol. The maximum Gasteiger partial charge on any atom is 0.336 e. The lowest BCUT2D eigenvalue weighted by Crippen LogP contribution is -2.46. The fourth-order valence-corrected chi connectivity index (χ4v) is 6.19. The summed E-state index contributed by atoms with van der Waals surface area (Å²) in [7, 11) is 4.70. The van der Waals surface area contributed by atoms with E-state index in [-0.39, 0.29) is 33.7 Å². The first-order valence-electron chi connectivity index (χ1n) is 18.0. The smallest absolute Gasteiger partial charge is 0.336 e. The first kappa shape index (κ1) is 41.0. The number of rotatable bonds is 12. The van der Waals surface area contributed by atoms with Crippen LogP contribution in [0.15, 0.2) is 131 Å². The van der Waals surface area contributed by atoms with E-state index in [0.29, 0.717) is 22.9 Å². The molecule has 4 aromatic carbocycles. The third-order valence-electron chi connectivity index (χ3n) is 9.32. The summed E-state index contributed by atoms with van der Waals surface area (Å²) >= 11 is 0. The number of nitrogens with zero attached hydrogens (tertiary/aromatic N) is 4. The van der Waals surface area contributed by atoms with Gasteiger partial charge in [-0.3, -0.25) is 9.59 Å². The molecule has 59 heavy (non-hydrogen) atoms. The minimum Gasteiger partial charge on any atom is -0.467 e. The molecule has 0 aliphatic carbocycles. The van der Waals surface area contributed by atoms with Crippen molar-refractivity contribution >= 4 is 58.2 Å². The number of methoxy groups -OCH3 is 4. The van der Waals surface area contributed by atoms with Gasteiger partial charge in [0.15, 0.2) is 12.1 Å². The summed E-state index contributed by atoms with van der Waals surface area (Å²) in [6.07, 6.45) is 2.44. The maximum absolute atomic E-state index is 13.8. The highest BCUT2D eigenvalue weighted by atomic mass is 16.5. The number of carbonyl (C=O) groups is 6. The molecule has 6 rings (SSSR count). The average Bonchev–Trinajstić information content (AvgIpc) is 3.27. The van der Waals surface area contributed by atoms with Crippen molar-refractivity contribution < 1.29 is 52.5 Å². The Hall–Kier alpha value is -7.68. The molecule has 0 amide bonds. The van der Waals surface area contributed by atoms with E-state index in [1.54, 1.807) is 72.8 Å². The highest BCUT2D eigenvalue weighted by Gasteiger charge is 2.41. The second kappa shape index (κ2) is 17.6. The van der Waals surface area contributed by atoms with E-state index >= 15 is 0 Å². The van der Waals surface area contributed by atoms with Crippen LogP contribution >= 0.6 is 0 Å². The number of esters is 4. The zero-order valence-corrected chi connectivity index (χ0v) is 32.8. The van der Waals surface area contributed by atoms with Gasteiger partial charge in [0.2, 0.25) is 11.6 Å². The van der Waals surface area contributed by atoms with Gasteiger partial charge in [0, 0.05) is 11.1 Å². The Labute approximate surface area is 338 Å². The van der Waals surface area contributed by atoms with Crippen molar-refractivity contribution in [3.63, 3.8) is 0 Å². The number of ketones is 2. The van der Waals surface area contributed by atoms with Gasteiger partial charge < -0.3 is 23.7 Å². The highest BCUT2D eigenvalue weighted by Crippen LogP contribution is 2.31. The minimum absolute atomic E-state index is 0.126. The number of hydrogen-bond acceptors (Lipinski definition) is 15. The zero-order chi connectivity index (χ0) is 42.4. The molecule has 0 bridgehead atoms. The molecule has 2 aliphatic heterocycles. The molecular formula is C44H38N4O11. The van der Waals surface area contributed by atoms with Crippen LogP contribution in [-0.4, -0.2) is 87.4 Å². The number of carbonyl (C=O) groups excluding carboxylic acids is 6. The monoisotopic (exact) mass is 798 g/mol. The lowest BCUT2D eigenvalue weighted by Gasteiger charge is -2.31. The third-order valence-corrected chi connectivity index (χ3v) is 9.32. The SMILES string of the molecule is COC(=O)C1=CC(C(=O)c2ccc(Oc3ccc(C(=O)C4=NN(c5ccc(C)cc5)C(C(=O)OC)C(C(=O)OC)=C4)cc3)cc2)=NN(c2ccc(C)cc2)C1C(=O)OC. The van der Waals surface area contributed by atoms with Gasteiger partial charge in [-0.25, -0.2) is 29.2 Å². The Balaban J connectivity index is 1.22. The third kappa shape index (κ3) is 8.68. The second-order valence-electron chi connectivity index (χ2n) is 13.2. The number of anilines is 2. The Kier molecular flexibility index (Phi) is 12.2. The van der Waals surface area contributed by atoms with Crippen molar-refractivity contribution in [2.45, 2.75) is 25.9 Å². The van der Waals surface area contributed by atoms with E-state index < -0.39 is 47.5 Å². The second-order valence-corrected chi connectivity index (χ2v) is 13.2. The number of Topliss-reactive ketones (excluding diaryl/α,β-unsaturated/α-hetero) is 2. The summed E-state index contributed by atoms with van der Waals surface area (Å²) in [6.45, 7) is 3.78. The number of benzene rings is 4. The van der Waals surface area contributed by atoms with Crippen molar-refractivity contribution in [3.05, 3.63) is 143 Å². The molecule has 0 radical (unpaired) electrons. The van der Waals surface area contributed by atoms with Crippen LogP contribution in [0.1, 0.15) is 31.8 Å². The van der Waals surface area contributed by atoms with Crippen molar-refractivity contribution in [1.29, 1.82) is 0 Å². The minimum atomic E-state index is -1.30. The van der Waals surface area contributed by atoms with Crippen molar-refractivity contribution in [2.24, 2.45) is 10.2 Å². The molecule has 0 saturated heterocycles. The number of aryl methyl sites for hydroxylation is 2. The van der Waals surface area contributed by atoms with Gasteiger partial charge in [-0.15, -0.1) is 0 Å². The summed E-state index contributed by atoms with van der Waals surface area (Å²) in [4.78, 5) is 79.2. The number of hydrazone groups is 2. The molecule has 4 aromatic rings. The van der Waals surface area contributed by atoms with Gasteiger partial charge in [0.1, 0.15) is 22.9 Å². The molecular weight excluding hydrogens is 761 g/mol. The zero-order valence-electron chi connectivity index (χ0n) is 32.8. The van der Waals surface area contributed by atoms with Crippen LogP contribution < -0.4 is 14.8 Å². The summed E-state index contributed by atoms with van der Waals surface area (Å²) < 4.78 is 25.8. The highest BCUT2D eigenvalue weighted by molar-refractivity contribution is 6.51. The normalized spacial score (nSPS) is 16.0. The quantitative estimate of drug-likeness (QED) is 0.0998. The summed E-state index contributed by atoms with van der Waals surface area (Å²) in [5.74, 6) is -3.60. The van der Waals surface area contributed by atoms with Crippen LogP contribution in [0.25, 0.3) is 0 Å². The topological polar surface area (TPSA) is 180 Å². The molecule has 0 N–H and O–H groups in total. The van der Waals surface area contributed by atoms with Crippen LogP contribution in [0.2, 0.25) is 0 Å². The van der Waals surface area contributed by atoms with E-state index in [1.807, 2.05) is 13.8 Å². The number of hydrogen-bond donors (Lipinski definition) is 0. The summed E-state index contributed by atoms with van der Waals surface area (Å²) in [5.41, 5.74) is 2.66. The predicted octanol–water partition coefficient (Wildman–Crippen LogP) is 5.50. The molecule has 0 spiro atoms. The van der Waals surface area contributed by atoms with Gasteiger partial charge in [-0.2, -0.15) is 10.2 Å². The van der Waals surface area contributed by atoms with E-state index in [4.69, 9.17) is 23.7 Å². The standard InChI is InChI=1S/C44H38N4O11/c1-25-7-15-29(16-8-25)47-37(43(53)57-5)33(41(51)55-3)23-35(45-47)39(49)27-11-19-31(20-12-27)59-32-21-13-28(14-22-32)40(50)36-24-34(42(52)56-4)38(44(54)58-6)48(46-36)30-17-9-26(2)10-18-30/h7-24,37-38H,1-6H3. The number of allylic oxidation sites excluding steroid dienone is 2. The first-order chi connectivity index (χ1) is 28.4. The molecule has 2 heterocycles. The van der Waals surface area contributed by atoms with E-state index in [0.717, 1.165) is 11.1 Å². The van der Waals surface area contributed by atoms with E-state index in [9.17, 15) is 28.8 Å². The van der Waals surface area contributed by atoms with Crippen LogP contribution in [0.5, 0.6) is 11.5 Å². The van der Waals surface area contributed by atoms with Gasteiger partial charge in [0.05, 0.1) is 51.0 Å². The fourth-order valence-electron chi connectivity index (χ4n) is 6.19. The fraction of sp³-hybridized carbons (Fsp3) is 0.182. The van der Waals surface area contributed by atoms with Crippen LogP contribution in [0, 0.1) is 13.8 Å². The molecule has 0 aromatic heterocycles. The summed E-state index contributed by atoms with van der Waals surface area (Å²) in [5, 5.41) is 11.5. The van der Waals surface area contributed by atoms with Gasteiger partial charge >= 0.3 is 23.9 Å². The van der Waals surface area contributed by atoms with Crippen LogP contribution in [0.3, 0.4) is 0 Å². The molecule has 15 nitrogen and oxygen atoms in total. The maximum atomic E-state index is 13.8. The van der Waals surface area contributed by atoms with E-state index in [1.165, 1.54) is 74.9 Å². The number of ether oxygens (including phenoxy) is 5. The predicted molar refractivity (Wildman–Crippen MR) is 216 cm³/mol. The molecule has 2 aliphatic rings. The van der Waals surface area contributed by atoms with Crippen molar-refractivity contribution in [2.75, 3.05) is 38.5 Å². The molecule has 2 atom stereocenters. The molecule has 300 valence electrons. The molecule has 0 fully saturated rings. The van der Waals surface area contributed by atoms with Crippen LogP contribution in [-0.2, 0) is 38.1 Å². The first-order valence-corrected chi connectivity index (χ1v) is 18.0. The Bertz CT molecular complexity index is 2260. The lowest BCUT2D eigenvalue weighted by atomic mass is 9.98. The lowest BCUT2D eigenvalue weighted by molar-refractivity contribution is -0.144. The molecule has 15 heteroatoms. The molecule has 0 saturated carbocycles. The Morgan fingerprint density at radius 2 is 0.814 bits per heavy atom. The molecule has 2 unspecified atom stereocenters. The van der Waals surface area contributed by atoms with Crippen LogP contribution in [0.4, 0.5) is 11.4 Å². The Morgan fingerprint density at radius 1 is 0.475 bits per heavy atom. The van der Waals surface area contributed by atoms with E-state index in [2.05, 4.69) is 10.2 Å². The van der Waals surface area contributed by atoms with Crippen molar-refractivity contribution in [3.8, 4) is 11.5 Å². The largest absolute Gasteiger partial charge is 0.467 e. The van der Waals surface area contributed by atoms with Crippen molar-refractivity contribution in [1.82, 2.24) is 0 Å². The van der Waals surface area contributed by atoms with Gasteiger partial charge in [-0.05, 0) is 98.8 Å². The Morgan fingerprint density at radius 3 is 1.12 bits per heavy atom. The van der Waals surface area contributed by atoms with Gasteiger partial charge in [-0.1, -0.05) is 35.4 Å². The van der Waals surface area contributed by atoms with Gasteiger partial charge in [0.25, 0.3) is 0 Å². The summed E-state index contributed by atoms with van der Waals surface area (Å²) in [6, 6.07) is 23.7.